The zero-order chi connectivity index (χ0) is 18.9. The van der Waals surface area contributed by atoms with Gasteiger partial charge in [0.1, 0.15) is 11.6 Å². The van der Waals surface area contributed by atoms with Crippen molar-refractivity contribution < 1.29 is 13.6 Å². The van der Waals surface area contributed by atoms with Crippen molar-refractivity contribution in [3.05, 3.63) is 18.1 Å². The van der Waals surface area contributed by atoms with E-state index in [9.17, 15) is 13.6 Å². The highest BCUT2D eigenvalue weighted by molar-refractivity contribution is 5.79. The number of piperidine rings is 2. The van der Waals surface area contributed by atoms with Crippen LogP contribution in [0.3, 0.4) is 0 Å². The van der Waals surface area contributed by atoms with Crippen LogP contribution >= 0.6 is 0 Å². The van der Waals surface area contributed by atoms with Crippen LogP contribution in [0.1, 0.15) is 52.3 Å². The third kappa shape index (κ3) is 4.30. The summed E-state index contributed by atoms with van der Waals surface area (Å²) >= 11 is 0. The number of hydrogen-bond donors (Lipinski definition) is 0. The molecule has 1 aromatic heterocycles. The second-order valence-corrected chi connectivity index (χ2v) is 8.43. The van der Waals surface area contributed by atoms with E-state index in [4.69, 9.17) is 0 Å². The number of anilines is 1. The number of likely N-dealkylation sites (tertiary alicyclic amines) is 1. The highest BCUT2D eigenvalue weighted by atomic mass is 19.3. The second-order valence-electron chi connectivity index (χ2n) is 8.43. The first kappa shape index (κ1) is 19.0. The lowest BCUT2D eigenvalue weighted by atomic mass is 9.93. The molecule has 0 spiro atoms. The molecule has 2 saturated heterocycles. The Balaban J connectivity index is 1.57. The molecule has 1 amide bonds. The Morgan fingerprint density at radius 2 is 1.77 bits per heavy atom. The van der Waals surface area contributed by atoms with Gasteiger partial charge >= 0.3 is 0 Å². The van der Waals surface area contributed by atoms with Gasteiger partial charge in [-0.15, -0.1) is 0 Å². The van der Waals surface area contributed by atoms with E-state index < -0.39 is 5.92 Å². The van der Waals surface area contributed by atoms with E-state index in [2.05, 4.69) is 35.6 Å². The smallest absolute Gasteiger partial charge is 0.251 e. The Labute approximate surface area is 153 Å². The molecule has 0 aromatic carbocycles. The van der Waals surface area contributed by atoms with Crippen LogP contribution in [0.2, 0.25) is 0 Å². The molecule has 0 bridgehead atoms. The van der Waals surface area contributed by atoms with E-state index in [1.165, 1.54) is 0 Å². The van der Waals surface area contributed by atoms with Gasteiger partial charge in [-0.05, 0) is 18.9 Å². The van der Waals surface area contributed by atoms with Crippen LogP contribution in [0.5, 0.6) is 0 Å². The van der Waals surface area contributed by atoms with Crippen molar-refractivity contribution in [2.75, 3.05) is 31.1 Å². The number of alkyl halides is 2. The lowest BCUT2D eigenvalue weighted by Crippen LogP contribution is -2.47. The largest absolute Gasteiger partial charge is 0.356 e. The fraction of sp³-hybridized carbons (Fsp3) is 0.737. The summed E-state index contributed by atoms with van der Waals surface area (Å²) in [5.41, 5.74) is -0.110. The van der Waals surface area contributed by atoms with Crippen LogP contribution in [0, 0.1) is 5.92 Å². The molecule has 0 aliphatic carbocycles. The minimum atomic E-state index is -2.61. The molecule has 3 heterocycles. The molecular formula is C19H28F2N4O. The van der Waals surface area contributed by atoms with Gasteiger partial charge in [-0.25, -0.2) is 18.7 Å². The van der Waals surface area contributed by atoms with Gasteiger partial charge in [0.25, 0.3) is 5.92 Å². The number of amides is 1. The van der Waals surface area contributed by atoms with E-state index in [0.717, 1.165) is 37.6 Å². The van der Waals surface area contributed by atoms with Gasteiger partial charge < -0.3 is 9.80 Å². The minimum absolute atomic E-state index is 0.0400. The molecule has 2 aliphatic heterocycles. The lowest BCUT2D eigenvalue weighted by molar-refractivity contribution is -0.142. The number of carbonyl (C=O) groups excluding carboxylic acids is 1. The van der Waals surface area contributed by atoms with Crippen molar-refractivity contribution in [2.24, 2.45) is 5.92 Å². The van der Waals surface area contributed by atoms with Crippen molar-refractivity contribution in [3.8, 4) is 0 Å². The minimum Gasteiger partial charge on any atom is -0.356 e. The molecule has 0 atom stereocenters. The van der Waals surface area contributed by atoms with Gasteiger partial charge in [0.2, 0.25) is 5.91 Å². The molecule has 0 radical (unpaired) electrons. The topological polar surface area (TPSA) is 49.3 Å². The Kier molecular flexibility index (Phi) is 5.17. The summed E-state index contributed by atoms with van der Waals surface area (Å²) in [5.74, 6) is -0.936. The van der Waals surface area contributed by atoms with E-state index in [1.807, 2.05) is 6.07 Å². The van der Waals surface area contributed by atoms with E-state index in [1.54, 1.807) is 11.1 Å². The predicted molar refractivity (Wildman–Crippen MR) is 96.4 cm³/mol. The van der Waals surface area contributed by atoms with E-state index in [0.29, 0.717) is 0 Å². The zero-order valence-corrected chi connectivity index (χ0v) is 15.8. The van der Waals surface area contributed by atoms with Crippen molar-refractivity contribution in [3.63, 3.8) is 0 Å². The van der Waals surface area contributed by atoms with Crippen LogP contribution < -0.4 is 4.90 Å². The van der Waals surface area contributed by atoms with Crippen LogP contribution in [0.15, 0.2) is 12.3 Å². The van der Waals surface area contributed by atoms with Crippen molar-refractivity contribution in [1.82, 2.24) is 14.9 Å². The summed E-state index contributed by atoms with van der Waals surface area (Å²) in [6, 6.07) is 1.91. The second kappa shape index (κ2) is 7.08. The first-order valence-corrected chi connectivity index (χ1v) is 9.41. The predicted octanol–water partition coefficient (Wildman–Crippen LogP) is 3.25. The molecule has 0 N–H and O–H groups in total. The summed E-state index contributed by atoms with van der Waals surface area (Å²) in [5, 5.41) is 0. The molecule has 0 saturated carbocycles. The van der Waals surface area contributed by atoms with E-state index >= 15 is 0 Å². The molecule has 144 valence electrons. The Hall–Kier alpha value is -1.79. The summed E-state index contributed by atoms with van der Waals surface area (Å²) < 4.78 is 26.6. The van der Waals surface area contributed by atoms with Crippen LogP contribution in [-0.4, -0.2) is 52.9 Å². The first-order valence-electron chi connectivity index (χ1n) is 9.41. The number of halogens is 2. The van der Waals surface area contributed by atoms with E-state index in [-0.39, 0.29) is 43.2 Å². The summed E-state index contributed by atoms with van der Waals surface area (Å²) in [6.45, 7) is 8.10. The fourth-order valence-corrected chi connectivity index (χ4v) is 3.55. The van der Waals surface area contributed by atoms with Gasteiger partial charge in [0.15, 0.2) is 0 Å². The summed E-state index contributed by atoms with van der Waals surface area (Å²) in [6.07, 6.45) is 2.83. The van der Waals surface area contributed by atoms with Gasteiger partial charge in [0, 0.05) is 56.6 Å². The molecular weight excluding hydrogens is 338 g/mol. The zero-order valence-electron chi connectivity index (χ0n) is 15.8. The first-order chi connectivity index (χ1) is 12.2. The third-order valence-corrected chi connectivity index (χ3v) is 5.29. The highest BCUT2D eigenvalue weighted by Gasteiger charge is 2.38. The van der Waals surface area contributed by atoms with Crippen molar-refractivity contribution in [1.29, 1.82) is 0 Å². The molecule has 26 heavy (non-hydrogen) atoms. The van der Waals surface area contributed by atoms with Gasteiger partial charge in [-0.2, -0.15) is 0 Å². The standard InChI is InChI=1S/C19H28F2N4O/c1-18(2,3)17-22-9-4-15(23-17)24-10-5-14(6-11-24)16(26)25-12-7-19(20,21)8-13-25/h4,9,14H,5-8,10-13H2,1-3H3. The maximum atomic E-state index is 13.3. The SMILES string of the molecule is CC(C)(C)c1nccc(N2CCC(C(=O)N3CCC(F)(F)CC3)CC2)n1. The number of hydrogen-bond acceptors (Lipinski definition) is 4. The highest BCUT2D eigenvalue weighted by Crippen LogP contribution is 2.30. The van der Waals surface area contributed by atoms with Gasteiger partial charge in [-0.1, -0.05) is 20.8 Å². The Bertz CT molecular complexity index is 641. The molecule has 5 nitrogen and oxygen atoms in total. The van der Waals surface area contributed by atoms with Gasteiger partial charge in [0.05, 0.1) is 0 Å². The molecule has 2 fully saturated rings. The van der Waals surface area contributed by atoms with Crippen molar-refractivity contribution in [2.45, 2.75) is 57.8 Å². The van der Waals surface area contributed by atoms with Crippen LogP contribution in [0.25, 0.3) is 0 Å². The summed E-state index contributed by atoms with van der Waals surface area (Å²) in [4.78, 5) is 25.5. The quantitative estimate of drug-likeness (QED) is 0.806. The fourth-order valence-electron chi connectivity index (χ4n) is 3.55. The number of carbonyl (C=O) groups is 1. The van der Waals surface area contributed by atoms with Crippen LogP contribution in [-0.2, 0) is 10.2 Å². The maximum absolute atomic E-state index is 13.3. The van der Waals surface area contributed by atoms with Gasteiger partial charge in [-0.3, -0.25) is 4.79 Å². The average Bonchev–Trinajstić information content (AvgIpc) is 2.61. The average molecular weight is 366 g/mol. The Morgan fingerprint density at radius 1 is 1.15 bits per heavy atom. The molecule has 2 aliphatic rings. The third-order valence-electron chi connectivity index (χ3n) is 5.29. The lowest BCUT2D eigenvalue weighted by Gasteiger charge is -2.37. The number of nitrogens with zero attached hydrogens (tertiary/aromatic N) is 4. The number of rotatable bonds is 2. The summed E-state index contributed by atoms with van der Waals surface area (Å²) in [7, 11) is 0. The number of aromatic nitrogens is 2. The molecule has 0 unspecified atom stereocenters. The van der Waals surface area contributed by atoms with Crippen LogP contribution in [0.4, 0.5) is 14.6 Å². The monoisotopic (exact) mass is 366 g/mol. The Morgan fingerprint density at radius 3 is 2.35 bits per heavy atom. The molecule has 3 rings (SSSR count). The van der Waals surface area contributed by atoms with Crippen molar-refractivity contribution >= 4 is 11.7 Å². The molecule has 7 heteroatoms. The maximum Gasteiger partial charge on any atom is 0.251 e. The normalized spacial score (nSPS) is 21.7. The molecule has 1 aromatic rings.